The normalized spacial score (nSPS) is 37.7. The second-order valence-corrected chi connectivity index (χ2v) is 6.41. The minimum Gasteiger partial charge on any atom is -0.380 e. The van der Waals surface area contributed by atoms with E-state index in [0.717, 1.165) is 39.1 Å². The van der Waals surface area contributed by atoms with Gasteiger partial charge in [-0.1, -0.05) is 0 Å². The van der Waals surface area contributed by atoms with E-state index in [0.29, 0.717) is 6.10 Å². The largest absolute Gasteiger partial charge is 0.380 e. The minimum atomic E-state index is -0.0579. The van der Waals surface area contributed by atoms with Gasteiger partial charge < -0.3 is 15.2 Å². The third kappa shape index (κ3) is 2.87. The lowest BCUT2D eigenvalue weighted by molar-refractivity contribution is -0.130. The van der Waals surface area contributed by atoms with Crippen molar-refractivity contribution in [1.29, 1.82) is 0 Å². The van der Waals surface area contributed by atoms with Gasteiger partial charge in [-0.15, -0.1) is 0 Å². The van der Waals surface area contributed by atoms with Crippen molar-refractivity contribution in [1.82, 2.24) is 4.90 Å². The van der Waals surface area contributed by atoms with Crippen molar-refractivity contribution in [3.8, 4) is 0 Å². The summed E-state index contributed by atoms with van der Waals surface area (Å²) >= 11 is 0. The van der Waals surface area contributed by atoms with Gasteiger partial charge in [0.2, 0.25) is 0 Å². The van der Waals surface area contributed by atoms with Gasteiger partial charge in [0.25, 0.3) is 0 Å². The Labute approximate surface area is 111 Å². The Morgan fingerprint density at radius 1 is 1.44 bits per heavy atom. The van der Waals surface area contributed by atoms with Crippen LogP contribution in [-0.4, -0.2) is 55.5 Å². The molecular formula is C14H28N2O2. The number of methoxy groups -OCH3 is 1. The molecule has 0 saturated carbocycles. The highest BCUT2D eigenvalue weighted by Gasteiger charge is 2.45. The van der Waals surface area contributed by atoms with Crippen molar-refractivity contribution in [2.45, 2.75) is 56.8 Å². The highest BCUT2D eigenvalue weighted by Crippen LogP contribution is 2.37. The third-order valence-electron chi connectivity index (χ3n) is 4.58. The van der Waals surface area contributed by atoms with Crippen LogP contribution in [0.3, 0.4) is 0 Å². The van der Waals surface area contributed by atoms with Crippen molar-refractivity contribution in [2.24, 2.45) is 5.73 Å². The van der Waals surface area contributed by atoms with Crippen molar-refractivity contribution < 1.29 is 9.47 Å². The molecule has 2 aliphatic heterocycles. The molecule has 2 fully saturated rings. The number of piperidine rings is 1. The fraction of sp³-hybridized carbons (Fsp3) is 1.00. The molecule has 18 heavy (non-hydrogen) atoms. The van der Waals surface area contributed by atoms with E-state index in [-0.39, 0.29) is 11.1 Å². The first kappa shape index (κ1) is 14.3. The van der Waals surface area contributed by atoms with Crippen LogP contribution in [0.2, 0.25) is 0 Å². The maximum Gasteiger partial charge on any atom is 0.0698 e. The first-order valence-electron chi connectivity index (χ1n) is 7.13. The molecule has 4 nitrogen and oxygen atoms in total. The summed E-state index contributed by atoms with van der Waals surface area (Å²) in [5, 5.41) is 0. The summed E-state index contributed by atoms with van der Waals surface area (Å²) in [6.07, 6.45) is 4.82. The summed E-state index contributed by atoms with van der Waals surface area (Å²) < 4.78 is 11.4. The summed E-state index contributed by atoms with van der Waals surface area (Å²) in [6.45, 7) is 8.05. The molecule has 2 heterocycles. The number of hydrogen-bond acceptors (Lipinski definition) is 4. The summed E-state index contributed by atoms with van der Waals surface area (Å²) in [6, 6.07) is 0. The number of nitrogens with two attached hydrogens (primary N) is 1. The summed E-state index contributed by atoms with van der Waals surface area (Å²) in [5.41, 5.74) is 6.19. The third-order valence-corrected chi connectivity index (χ3v) is 4.58. The van der Waals surface area contributed by atoms with Gasteiger partial charge in [-0.25, -0.2) is 0 Å². The second kappa shape index (κ2) is 5.45. The SMILES string of the molecule is COC1CCCN(C2(CN)CCOC(C)(C)C2)C1. The number of likely N-dealkylation sites (tertiary alicyclic amines) is 1. The molecule has 0 aromatic heterocycles. The van der Waals surface area contributed by atoms with E-state index in [4.69, 9.17) is 15.2 Å². The van der Waals surface area contributed by atoms with E-state index in [1.807, 2.05) is 7.11 Å². The summed E-state index contributed by atoms with van der Waals surface area (Å²) in [5.74, 6) is 0. The first-order chi connectivity index (χ1) is 8.51. The van der Waals surface area contributed by atoms with Crippen LogP contribution in [-0.2, 0) is 9.47 Å². The summed E-state index contributed by atoms with van der Waals surface area (Å²) in [7, 11) is 1.82. The van der Waals surface area contributed by atoms with Gasteiger partial charge in [0.05, 0.1) is 11.7 Å². The molecule has 106 valence electrons. The average Bonchev–Trinajstić information content (AvgIpc) is 2.37. The van der Waals surface area contributed by atoms with E-state index >= 15 is 0 Å². The van der Waals surface area contributed by atoms with Crippen LogP contribution in [0.15, 0.2) is 0 Å². The van der Waals surface area contributed by atoms with Crippen LogP contribution >= 0.6 is 0 Å². The second-order valence-electron chi connectivity index (χ2n) is 6.41. The van der Waals surface area contributed by atoms with Gasteiger partial charge in [0, 0.05) is 32.3 Å². The quantitative estimate of drug-likeness (QED) is 0.829. The van der Waals surface area contributed by atoms with Crippen molar-refractivity contribution >= 4 is 0 Å². The summed E-state index contributed by atoms with van der Waals surface area (Å²) in [4.78, 5) is 2.56. The lowest BCUT2D eigenvalue weighted by Gasteiger charge is -2.52. The van der Waals surface area contributed by atoms with E-state index in [1.54, 1.807) is 0 Å². The Bertz CT molecular complexity index is 283. The van der Waals surface area contributed by atoms with Crippen LogP contribution < -0.4 is 5.73 Å². The van der Waals surface area contributed by atoms with E-state index in [2.05, 4.69) is 18.7 Å². The van der Waals surface area contributed by atoms with Crippen molar-refractivity contribution in [3.63, 3.8) is 0 Å². The monoisotopic (exact) mass is 256 g/mol. The number of ether oxygens (including phenoxy) is 2. The van der Waals surface area contributed by atoms with E-state index in [1.165, 1.54) is 12.8 Å². The van der Waals surface area contributed by atoms with Gasteiger partial charge >= 0.3 is 0 Å². The maximum absolute atomic E-state index is 6.14. The number of nitrogens with zero attached hydrogens (tertiary/aromatic N) is 1. The van der Waals surface area contributed by atoms with Gasteiger partial charge in [0.15, 0.2) is 0 Å². The molecule has 0 radical (unpaired) electrons. The molecule has 4 heteroatoms. The van der Waals surface area contributed by atoms with E-state index < -0.39 is 0 Å². The van der Waals surface area contributed by atoms with Gasteiger partial charge in [-0.3, -0.25) is 4.90 Å². The minimum absolute atomic E-state index is 0.0579. The predicted octanol–water partition coefficient (Wildman–Crippen LogP) is 1.38. The molecule has 2 unspecified atom stereocenters. The molecule has 2 saturated heterocycles. The molecule has 2 atom stereocenters. The zero-order valence-corrected chi connectivity index (χ0v) is 12.1. The molecule has 2 aliphatic rings. The van der Waals surface area contributed by atoms with Crippen molar-refractivity contribution in [3.05, 3.63) is 0 Å². The Kier molecular flexibility index (Phi) is 4.32. The average molecular weight is 256 g/mol. The van der Waals surface area contributed by atoms with Crippen LogP contribution in [0.25, 0.3) is 0 Å². The fourth-order valence-corrected chi connectivity index (χ4v) is 3.58. The Balaban J connectivity index is 2.11. The molecule has 0 bridgehead atoms. The maximum atomic E-state index is 6.14. The smallest absolute Gasteiger partial charge is 0.0698 e. The molecule has 0 spiro atoms. The predicted molar refractivity (Wildman–Crippen MR) is 72.7 cm³/mol. The highest BCUT2D eigenvalue weighted by molar-refractivity contribution is 5.00. The first-order valence-corrected chi connectivity index (χ1v) is 7.13. The Morgan fingerprint density at radius 2 is 2.22 bits per heavy atom. The molecule has 0 aliphatic carbocycles. The molecule has 0 aromatic rings. The van der Waals surface area contributed by atoms with E-state index in [9.17, 15) is 0 Å². The molecule has 0 amide bonds. The number of hydrogen-bond donors (Lipinski definition) is 1. The molecule has 2 N–H and O–H groups in total. The van der Waals surface area contributed by atoms with Gasteiger partial charge in [-0.05, 0) is 46.1 Å². The van der Waals surface area contributed by atoms with Crippen LogP contribution in [0, 0.1) is 0 Å². The Morgan fingerprint density at radius 3 is 2.83 bits per heavy atom. The van der Waals surface area contributed by atoms with Crippen molar-refractivity contribution in [2.75, 3.05) is 33.4 Å². The van der Waals surface area contributed by atoms with Crippen LogP contribution in [0.5, 0.6) is 0 Å². The topological polar surface area (TPSA) is 47.7 Å². The Hall–Kier alpha value is -0.160. The zero-order chi connectivity index (χ0) is 13.2. The van der Waals surface area contributed by atoms with Gasteiger partial charge in [0.1, 0.15) is 0 Å². The zero-order valence-electron chi connectivity index (χ0n) is 12.1. The molecule has 0 aromatic carbocycles. The fourth-order valence-electron chi connectivity index (χ4n) is 3.58. The lowest BCUT2D eigenvalue weighted by atomic mass is 9.79. The number of rotatable bonds is 3. The highest BCUT2D eigenvalue weighted by atomic mass is 16.5. The van der Waals surface area contributed by atoms with Crippen LogP contribution in [0.1, 0.15) is 39.5 Å². The van der Waals surface area contributed by atoms with Gasteiger partial charge in [-0.2, -0.15) is 0 Å². The van der Waals surface area contributed by atoms with Crippen LogP contribution in [0.4, 0.5) is 0 Å². The lowest BCUT2D eigenvalue weighted by Crippen LogP contribution is -2.63. The molecule has 2 rings (SSSR count). The standard InChI is InChI=1S/C14H28N2O2/c1-13(2)10-14(11-15,6-8-18-13)16-7-4-5-12(9-16)17-3/h12H,4-11,15H2,1-3H3. The molecular weight excluding hydrogens is 228 g/mol.